The molecule has 1 N–H and O–H groups in total. The molecule has 1 aromatic rings. The van der Waals surface area contributed by atoms with Crippen LogP contribution in [0, 0.1) is 0 Å². The van der Waals surface area contributed by atoms with Crippen LogP contribution in [-0.2, 0) is 13.1 Å². The normalized spacial score (nSPS) is 13.1. The van der Waals surface area contributed by atoms with Crippen molar-refractivity contribution in [1.29, 1.82) is 0 Å². The topological polar surface area (TPSA) is 28.4 Å². The van der Waals surface area contributed by atoms with Gasteiger partial charge in [0.1, 0.15) is 5.76 Å². The Morgan fingerprint density at radius 2 is 2.05 bits per heavy atom. The molecule has 3 nitrogen and oxygen atoms in total. The second-order valence-electron chi connectivity index (χ2n) is 5.63. The third-order valence-electron chi connectivity index (χ3n) is 3.94. The summed E-state index contributed by atoms with van der Waals surface area (Å²) in [5.41, 5.74) is 1.34. The zero-order valence-electron chi connectivity index (χ0n) is 13.7. The van der Waals surface area contributed by atoms with Gasteiger partial charge in [-0.2, -0.15) is 0 Å². The molecular weight excluding hydrogens is 248 g/mol. The van der Waals surface area contributed by atoms with Crippen molar-refractivity contribution < 1.29 is 4.42 Å². The Bertz CT molecular complexity index is 349. The number of rotatable bonds is 11. The maximum Gasteiger partial charge on any atom is 0.122 e. The Morgan fingerprint density at radius 3 is 2.70 bits per heavy atom. The monoisotopic (exact) mass is 280 g/mol. The zero-order chi connectivity index (χ0) is 14.8. The molecule has 0 aliphatic carbocycles. The largest absolute Gasteiger partial charge is 0.468 e. The molecule has 0 fully saturated rings. The highest BCUT2D eigenvalue weighted by molar-refractivity contribution is 5.17. The van der Waals surface area contributed by atoms with E-state index in [1.165, 1.54) is 31.4 Å². The summed E-state index contributed by atoms with van der Waals surface area (Å²) in [5, 5.41) is 3.43. The minimum atomic E-state index is 0.632. The molecule has 0 bridgehead atoms. The Morgan fingerprint density at radius 1 is 1.25 bits per heavy atom. The van der Waals surface area contributed by atoms with E-state index in [0.29, 0.717) is 6.04 Å². The van der Waals surface area contributed by atoms with Crippen molar-refractivity contribution in [3.8, 4) is 0 Å². The summed E-state index contributed by atoms with van der Waals surface area (Å²) in [6.07, 6.45) is 6.71. The van der Waals surface area contributed by atoms with Crippen molar-refractivity contribution in [2.75, 3.05) is 13.1 Å². The van der Waals surface area contributed by atoms with E-state index in [2.05, 4.69) is 44.0 Å². The molecule has 1 heterocycles. The lowest BCUT2D eigenvalue weighted by atomic mass is 10.1. The van der Waals surface area contributed by atoms with E-state index in [9.17, 15) is 0 Å². The van der Waals surface area contributed by atoms with Crippen molar-refractivity contribution in [2.24, 2.45) is 0 Å². The first kappa shape index (κ1) is 17.3. The molecule has 1 aromatic heterocycles. The second-order valence-corrected chi connectivity index (χ2v) is 5.63. The van der Waals surface area contributed by atoms with Crippen molar-refractivity contribution in [3.05, 3.63) is 23.7 Å². The Labute approximate surface area is 124 Å². The van der Waals surface area contributed by atoms with Crippen LogP contribution in [0.5, 0.6) is 0 Å². The Kier molecular flexibility index (Phi) is 8.63. The molecule has 0 aliphatic rings. The first-order valence-corrected chi connectivity index (χ1v) is 8.22. The molecule has 0 aromatic carbocycles. The molecule has 0 spiro atoms. The average Bonchev–Trinajstić information content (AvgIpc) is 2.90. The minimum absolute atomic E-state index is 0.632. The fourth-order valence-corrected chi connectivity index (χ4v) is 2.34. The number of unbranched alkanes of at least 4 members (excludes halogenated alkanes) is 1. The van der Waals surface area contributed by atoms with E-state index < -0.39 is 0 Å². The quantitative estimate of drug-likeness (QED) is 0.616. The van der Waals surface area contributed by atoms with Crippen LogP contribution < -0.4 is 5.32 Å². The Hall–Kier alpha value is -0.800. The molecule has 0 amide bonds. The molecule has 3 heteroatoms. The number of furan rings is 1. The van der Waals surface area contributed by atoms with Crippen LogP contribution in [0.15, 0.2) is 16.7 Å². The molecule has 1 rings (SSSR count). The molecule has 1 atom stereocenters. The highest BCUT2D eigenvalue weighted by Gasteiger charge is 2.15. The van der Waals surface area contributed by atoms with E-state index in [1.807, 2.05) is 6.26 Å². The number of nitrogens with zero attached hydrogens (tertiary/aromatic N) is 1. The van der Waals surface area contributed by atoms with Crippen LogP contribution in [0.3, 0.4) is 0 Å². The summed E-state index contributed by atoms with van der Waals surface area (Å²) in [7, 11) is 0. The fourth-order valence-electron chi connectivity index (χ4n) is 2.34. The second kappa shape index (κ2) is 10.0. The molecule has 0 saturated carbocycles. The highest BCUT2D eigenvalue weighted by Crippen LogP contribution is 2.17. The summed E-state index contributed by atoms with van der Waals surface area (Å²) < 4.78 is 5.64. The van der Waals surface area contributed by atoms with E-state index >= 15 is 0 Å². The maximum absolute atomic E-state index is 5.64. The molecule has 20 heavy (non-hydrogen) atoms. The van der Waals surface area contributed by atoms with Gasteiger partial charge < -0.3 is 9.73 Å². The zero-order valence-corrected chi connectivity index (χ0v) is 13.7. The first-order valence-electron chi connectivity index (χ1n) is 8.22. The average molecular weight is 280 g/mol. The van der Waals surface area contributed by atoms with Crippen LogP contribution in [0.4, 0.5) is 0 Å². The van der Waals surface area contributed by atoms with Crippen molar-refractivity contribution in [1.82, 2.24) is 10.2 Å². The van der Waals surface area contributed by atoms with Gasteiger partial charge >= 0.3 is 0 Å². The first-order chi connectivity index (χ1) is 9.72. The van der Waals surface area contributed by atoms with Gasteiger partial charge in [-0.25, -0.2) is 0 Å². The summed E-state index contributed by atoms with van der Waals surface area (Å²) in [6, 6.07) is 2.76. The molecule has 0 saturated heterocycles. The summed E-state index contributed by atoms with van der Waals surface area (Å²) in [6.45, 7) is 13.1. The van der Waals surface area contributed by atoms with Gasteiger partial charge in [-0.05, 0) is 45.3 Å². The number of hydrogen-bond acceptors (Lipinski definition) is 3. The third kappa shape index (κ3) is 5.68. The lowest BCUT2D eigenvalue weighted by Crippen LogP contribution is -2.33. The van der Waals surface area contributed by atoms with Gasteiger partial charge in [-0.15, -0.1) is 0 Å². The molecule has 0 radical (unpaired) electrons. The molecular formula is C17H32N2O. The van der Waals surface area contributed by atoms with Gasteiger partial charge in [0, 0.05) is 18.2 Å². The summed E-state index contributed by atoms with van der Waals surface area (Å²) in [4.78, 5) is 2.58. The van der Waals surface area contributed by atoms with E-state index in [0.717, 1.165) is 31.8 Å². The van der Waals surface area contributed by atoms with Gasteiger partial charge in [0.05, 0.1) is 12.8 Å². The van der Waals surface area contributed by atoms with Crippen LogP contribution in [0.1, 0.15) is 64.7 Å². The lowest BCUT2D eigenvalue weighted by molar-refractivity contribution is 0.191. The SMILES string of the molecule is CCCCN(Cc1ccoc1CNCCC)C(C)CC. The maximum atomic E-state index is 5.64. The lowest BCUT2D eigenvalue weighted by Gasteiger charge is -2.28. The van der Waals surface area contributed by atoms with Gasteiger partial charge in [0.15, 0.2) is 0 Å². The summed E-state index contributed by atoms with van der Waals surface area (Å²) >= 11 is 0. The molecule has 1 unspecified atom stereocenters. The van der Waals surface area contributed by atoms with E-state index in [1.54, 1.807) is 0 Å². The standard InChI is InChI=1S/C17H32N2O/c1-5-8-11-19(15(4)7-3)14-16-9-12-20-17(16)13-18-10-6-2/h9,12,15,18H,5-8,10-11,13-14H2,1-4H3. The van der Waals surface area contributed by atoms with Crippen molar-refractivity contribution in [2.45, 2.75) is 72.5 Å². The molecule has 0 aliphatic heterocycles. The van der Waals surface area contributed by atoms with Crippen LogP contribution >= 0.6 is 0 Å². The van der Waals surface area contributed by atoms with Crippen LogP contribution in [0.2, 0.25) is 0 Å². The highest BCUT2D eigenvalue weighted by atomic mass is 16.3. The van der Waals surface area contributed by atoms with Gasteiger partial charge in [-0.1, -0.05) is 27.2 Å². The predicted octanol–water partition coefficient (Wildman–Crippen LogP) is 4.18. The number of nitrogens with one attached hydrogen (secondary N) is 1. The molecule has 116 valence electrons. The third-order valence-corrected chi connectivity index (χ3v) is 3.94. The van der Waals surface area contributed by atoms with Gasteiger partial charge in [0.25, 0.3) is 0 Å². The van der Waals surface area contributed by atoms with Gasteiger partial charge in [-0.3, -0.25) is 4.90 Å². The van der Waals surface area contributed by atoms with E-state index in [-0.39, 0.29) is 0 Å². The summed E-state index contributed by atoms with van der Waals surface area (Å²) in [5.74, 6) is 1.10. The van der Waals surface area contributed by atoms with Crippen molar-refractivity contribution >= 4 is 0 Å². The number of hydrogen-bond donors (Lipinski definition) is 1. The minimum Gasteiger partial charge on any atom is -0.468 e. The van der Waals surface area contributed by atoms with Crippen LogP contribution in [-0.4, -0.2) is 24.0 Å². The predicted molar refractivity (Wildman–Crippen MR) is 85.8 cm³/mol. The fraction of sp³-hybridized carbons (Fsp3) is 0.765. The smallest absolute Gasteiger partial charge is 0.122 e. The van der Waals surface area contributed by atoms with E-state index in [4.69, 9.17) is 4.42 Å². The van der Waals surface area contributed by atoms with Gasteiger partial charge in [0.2, 0.25) is 0 Å². The van der Waals surface area contributed by atoms with Crippen molar-refractivity contribution in [3.63, 3.8) is 0 Å². The Balaban J connectivity index is 2.60. The van der Waals surface area contributed by atoms with Crippen LogP contribution in [0.25, 0.3) is 0 Å².